The summed E-state index contributed by atoms with van der Waals surface area (Å²) in [5.74, 6) is 0.209. The van der Waals surface area contributed by atoms with Crippen molar-refractivity contribution in [1.82, 2.24) is 4.98 Å². The Kier molecular flexibility index (Phi) is 3.70. The van der Waals surface area contributed by atoms with Gasteiger partial charge < -0.3 is 9.47 Å². The van der Waals surface area contributed by atoms with Crippen molar-refractivity contribution in [3.8, 4) is 5.88 Å². The number of pyridine rings is 1. The van der Waals surface area contributed by atoms with Crippen molar-refractivity contribution in [2.75, 3.05) is 6.61 Å². The first-order chi connectivity index (χ1) is 6.24. The summed E-state index contributed by atoms with van der Waals surface area (Å²) in [6.45, 7) is 1.98. The molecule has 1 aromatic heterocycles. The van der Waals surface area contributed by atoms with E-state index in [1.807, 2.05) is 0 Å². The zero-order chi connectivity index (χ0) is 9.68. The fourth-order valence-electron chi connectivity index (χ4n) is 0.673. The number of aromatic nitrogens is 1. The van der Waals surface area contributed by atoms with Crippen LogP contribution in [0.4, 0.5) is 4.79 Å². The average molecular weight is 246 g/mol. The first-order valence-electron chi connectivity index (χ1n) is 3.69. The minimum atomic E-state index is -0.748. The van der Waals surface area contributed by atoms with Gasteiger partial charge in [0.15, 0.2) is 0 Å². The lowest BCUT2D eigenvalue weighted by molar-refractivity contribution is 0.102. The second kappa shape index (κ2) is 4.81. The molecular weight excluding hydrogens is 238 g/mol. The molecule has 0 bridgehead atoms. The van der Waals surface area contributed by atoms with Crippen molar-refractivity contribution in [2.24, 2.45) is 0 Å². The Balaban J connectivity index is 2.63. The Morgan fingerprint density at radius 3 is 3.08 bits per heavy atom. The first-order valence-corrected chi connectivity index (χ1v) is 4.48. The van der Waals surface area contributed by atoms with Gasteiger partial charge in [0, 0.05) is 6.20 Å². The molecule has 0 spiro atoms. The molecule has 0 N–H and O–H groups in total. The summed E-state index contributed by atoms with van der Waals surface area (Å²) in [5.41, 5.74) is 0. The average Bonchev–Trinajstić information content (AvgIpc) is 2.09. The predicted molar refractivity (Wildman–Crippen MR) is 49.6 cm³/mol. The minimum absolute atomic E-state index is 0.209. The largest absolute Gasteiger partial charge is 0.515 e. The number of hydrogen-bond acceptors (Lipinski definition) is 4. The Hall–Kier alpha value is -1.10. The summed E-state index contributed by atoms with van der Waals surface area (Å²) >= 11 is 3.18. The normalized spacial score (nSPS) is 9.38. The van der Waals surface area contributed by atoms with Crippen LogP contribution in [-0.4, -0.2) is 17.7 Å². The van der Waals surface area contributed by atoms with Crippen LogP contribution >= 0.6 is 15.9 Å². The van der Waals surface area contributed by atoms with Gasteiger partial charge in [0.1, 0.15) is 0 Å². The van der Waals surface area contributed by atoms with Gasteiger partial charge in [-0.25, -0.2) is 9.78 Å². The molecule has 1 aromatic rings. The Morgan fingerprint density at radius 2 is 2.46 bits per heavy atom. The van der Waals surface area contributed by atoms with Crippen LogP contribution in [0.1, 0.15) is 6.92 Å². The highest BCUT2D eigenvalue weighted by Gasteiger charge is 2.08. The Morgan fingerprint density at radius 1 is 1.69 bits per heavy atom. The fraction of sp³-hybridized carbons (Fsp3) is 0.250. The number of carbonyl (C=O) groups is 1. The van der Waals surface area contributed by atoms with E-state index in [9.17, 15) is 4.79 Å². The van der Waals surface area contributed by atoms with Crippen LogP contribution in [0, 0.1) is 0 Å². The summed E-state index contributed by atoms with van der Waals surface area (Å²) in [5, 5.41) is 0. The molecule has 0 saturated carbocycles. The highest BCUT2D eigenvalue weighted by atomic mass is 79.9. The lowest BCUT2D eigenvalue weighted by Crippen LogP contribution is -2.11. The van der Waals surface area contributed by atoms with Gasteiger partial charge in [-0.2, -0.15) is 0 Å². The second-order valence-electron chi connectivity index (χ2n) is 2.08. The van der Waals surface area contributed by atoms with Gasteiger partial charge in [0.05, 0.1) is 11.1 Å². The Labute approximate surface area is 84.0 Å². The van der Waals surface area contributed by atoms with Crippen molar-refractivity contribution in [1.29, 1.82) is 0 Å². The van der Waals surface area contributed by atoms with E-state index in [0.717, 1.165) is 0 Å². The van der Waals surface area contributed by atoms with Gasteiger partial charge in [0.2, 0.25) is 5.88 Å². The maximum absolute atomic E-state index is 10.9. The molecule has 0 atom stereocenters. The van der Waals surface area contributed by atoms with E-state index < -0.39 is 6.16 Å². The standard InChI is InChI=1S/C8H8BrNO3/c1-2-12-8(11)13-7-6(9)4-3-5-10-7/h3-5H,2H2,1H3. The Bertz CT molecular complexity index is 303. The highest BCUT2D eigenvalue weighted by molar-refractivity contribution is 9.10. The molecule has 1 rings (SSSR count). The number of halogens is 1. The zero-order valence-electron chi connectivity index (χ0n) is 6.99. The van der Waals surface area contributed by atoms with E-state index in [1.165, 1.54) is 6.20 Å². The van der Waals surface area contributed by atoms with Gasteiger partial charge in [-0.1, -0.05) is 0 Å². The molecule has 0 aromatic carbocycles. The van der Waals surface area contributed by atoms with Crippen LogP contribution in [0.3, 0.4) is 0 Å². The third kappa shape index (κ3) is 3.02. The summed E-state index contributed by atoms with van der Waals surface area (Å²) in [6.07, 6.45) is 0.779. The molecule has 0 aliphatic rings. The molecule has 1 heterocycles. The van der Waals surface area contributed by atoms with Crippen molar-refractivity contribution >= 4 is 22.1 Å². The monoisotopic (exact) mass is 245 g/mol. The molecule has 0 aliphatic heterocycles. The maximum atomic E-state index is 10.9. The van der Waals surface area contributed by atoms with Crippen LogP contribution in [0.5, 0.6) is 5.88 Å². The molecule has 0 fully saturated rings. The quantitative estimate of drug-likeness (QED) is 0.751. The predicted octanol–water partition coefficient (Wildman–Crippen LogP) is 2.38. The van der Waals surface area contributed by atoms with Crippen LogP contribution in [0.2, 0.25) is 0 Å². The maximum Gasteiger partial charge on any atom is 0.515 e. The SMILES string of the molecule is CCOC(=O)Oc1ncccc1Br. The van der Waals surface area contributed by atoms with Gasteiger partial charge >= 0.3 is 6.16 Å². The summed E-state index contributed by atoms with van der Waals surface area (Å²) in [6, 6.07) is 3.45. The van der Waals surface area contributed by atoms with Gasteiger partial charge in [-0.3, -0.25) is 0 Å². The first kappa shape index (κ1) is 9.98. The molecule has 0 radical (unpaired) electrons. The van der Waals surface area contributed by atoms with Gasteiger partial charge in [0.25, 0.3) is 0 Å². The smallest absolute Gasteiger partial charge is 0.434 e. The molecule has 0 aliphatic carbocycles. The van der Waals surface area contributed by atoms with Gasteiger partial charge in [-0.15, -0.1) is 0 Å². The topological polar surface area (TPSA) is 48.4 Å². The van der Waals surface area contributed by atoms with Crippen molar-refractivity contribution in [2.45, 2.75) is 6.92 Å². The van der Waals surface area contributed by atoms with Crippen LogP contribution in [0.25, 0.3) is 0 Å². The minimum Gasteiger partial charge on any atom is -0.434 e. The van der Waals surface area contributed by atoms with Crippen molar-refractivity contribution in [3.63, 3.8) is 0 Å². The third-order valence-electron chi connectivity index (χ3n) is 1.17. The molecule has 4 nitrogen and oxygen atoms in total. The summed E-state index contributed by atoms with van der Waals surface area (Å²) in [4.78, 5) is 14.7. The number of hydrogen-bond donors (Lipinski definition) is 0. The second-order valence-corrected chi connectivity index (χ2v) is 2.93. The number of ether oxygens (including phenoxy) is 2. The van der Waals surface area contributed by atoms with Crippen molar-refractivity contribution < 1.29 is 14.3 Å². The zero-order valence-corrected chi connectivity index (χ0v) is 8.58. The third-order valence-corrected chi connectivity index (χ3v) is 1.77. The molecule has 0 saturated heterocycles. The highest BCUT2D eigenvalue weighted by Crippen LogP contribution is 2.20. The molecule has 0 unspecified atom stereocenters. The van der Waals surface area contributed by atoms with E-state index in [1.54, 1.807) is 19.1 Å². The molecule has 13 heavy (non-hydrogen) atoms. The number of nitrogens with zero attached hydrogens (tertiary/aromatic N) is 1. The fourth-order valence-corrected chi connectivity index (χ4v) is 1.01. The van der Waals surface area contributed by atoms with E-state index in [-0.39, 0.29) is 12.5 Å². The lowest BCUT2D eigenvalue weighted by atomic mass is 10.5. The van der Waals surface area contributed by atoms with Crippen LogP contribution in [0.15, 0.2) is 22.8 Å². The number of carbonyl (C=O) groups excluding carboxylic acids is 1. The molecule has 0 amide bonds. The van der Waals surface area contributed by atoms with Gasteiger partial charge in [-0.05, 0) is 35.0 Å². The van der Waals surface area contributed by atoms with E-state index in [4.69, 9.17) is 4.74 Å². The summed E-state index contributed by atoms with van der Waals surface area (Å²) < 4.78 is 9.96. The summed E-state index contributed by atoms with van der Waals surface area (Å²) in [7, 11) is 0. The molecule has 70 valence electrons. The number of rotatable bonds is 2. The lowest BCUT2D eigenvalue weighted by Gasteiger charge is -2.03. The van der Waals surface area contributed by atoms with Crippen LogP contribution < -0.4 is 4.74 Å². The van der Waals surface area contributed by atoms with E-state index in [0.29, 0.717) is 4.47 Å². The van der Waals surface area contributed by atoms with E-state index in [2.05, 4.69) is 25.7 Å². The van der Waals surface area contributed by atoms with Crippen LogP contribution in [-0.2, 0) is 4.74 Å². The molecule has 5 heteroatoms. The molecular formula is C8H8BrNO3. The van der Waals surface area contributed by atoms with E-state index >= 15 is 0 Å². The van der Waals surface area contributed by atoms with Crippen molar-refractivity contribution in [3.05, 3.63) is 22.8 Å².